The molecule has 1 saturated heterocycles. The smallest absolute Gasteiger partial charge is 0.311 e. The van der Waals surface area contributed by atoms with Crippen molar-refractivity contribution in [2.24, 2.45) is 0 Å². The van der Waals surface area contributed by atoms with Gasteiger partial charge in [0, 0.05) is 38.3 Å². The Kier molecular flexibility index (Phi) is 5.51. The molecule has 1 heterocycles. The van der Waals surface area contributed by atoms with Crippen LogP contribution in [0.4, 0.5) is 5.69 Å². The van der Waals surface area contributed by atoms with Crippen LogP contribution in [0.5, 0.6) is 5.75 Å². The third kappa shape index (κ3) is 3.84. The summed E-state index contributed by atoms with van der Waals surface area (Å²) in [6.07, 6.45) is 0.795. The molecule has 120 valence electrons. The van der Waals surface area contributed by atoms with E-state index in [0.717, 1.165) is 43.7 Å². The van der Waals surface area contributed by atoms with Crippen molar-refractivity contribution in [1.29, 1.82) is 0 Å². The molecule has 1 aromatic carbocycles. The fourth-order valence-electron chi connectivity index (χ4n) is 2.84. The molecule has 1 aliphatic rings. The van der Waals surface area contributed by atoms with Gasteiger partial charge in [-0.05, 0) is 25.0 Å². The SMILES string of the molecule is C=C(C)C[C@@H](c1ccc(OC)c([N+](=O)[O-])c1)N1CCNCC1. The lowest BCUT2D eigenvalue weighted by Crippen LogP contribution is -2.45. The summed E-state index contributed by atoms with van der Waals surface area (Å²) in [6, 6.07) is 5.35. The third-order valence-electron chi connectivity index (χ3n) is 3.92. The summed E-state index contributed by atoms with van der Waals surface area (Å²) in [5, 5.41) is 14.6. The molecule has 1 aliphatic heterocycles. The summed E-state index contributed by atoms with van der Waals surface area (Å²) >= 11 is 0. The second kappa shape index (κ2) is 7.38. The van der Waals surface area contributed by atoms with E-state index >= 15 is 0 Å². The van der Waals surface area contributed by atoms with Crippen LogP contribution in [0.2, 0.25) is 0 Å². The maximum atomic E-state index is 11.2. The summed E-state index contributed by atoms with van der Waals surface area (Å²) < 4.78 is 5.09. The summed E-state index contributed by atoms with van der Waals surface area (Å²) in [5.74, 6) is 0.295. The Morgan fingerprint density at radius 3 is 2.73 bits per heavy atom. The van der Waals surface area contributed by atoms with Gasteiger partial charge < -0.3 is 10.1 Å². The van der Waals surface area contributed by atoms with Gasteiger partial charge in [0.15, 0.2) is 5.75 Å². The Hall–Kier alpha value is -1.92. The number of nitro groups is 1. The Morgan fingerprint density at radius 1 is 1.50 bits per heavy atom. The predicted molar refractivity (Wildman–Crippen MR) is 86.3 cm³/mol. The van der Waals surface area contributed by atoms with Gasteiger partial charge in [-0.1, -0.05) is 11.6 Å². The monoisotopic (exact) mass is 305 g/mol. The maximum absolute atomic E-state index is 11.2. The minimum absolute atomic E-state index is 0.0156. The molecule has 6 nitrogen and oxygen atoms in total. The number of hydrogen-bond donors (Lipinski definition) is 1. The van der Waals surface area contributed by atoms with E-state index in [1.165, 1.54) is 7.11 Å². The van der Waals surface area contributed by atoms with Crippen molar-refractivity contribution in [3.8, 4) is 5.75 Å². The first-order valence-electron chi connectivity index (χ1n) is 7.44. The lowest BCUT2D eigenvalue weighted by Gasteiger charge is -2.35. The number of nitrogens with zero attached hydrogens (tertiary/aromatic N) is 2. The molecule has 1 N–H and O–H groups in total. The van der Waals surface area contributed by atoms with Crippen LogP contribution in [-0.4, -0.2) is 43.1 Å². The highest BCUT2D eigenvalue weighted by Gasteiger charge is 2.25. The van der Waals surface area contributed by atoms with Gasteiger partial charge in [0.2, 0.25) is 0 Å². The number of nitro benzene ring substituents is 1. The van der Waals surface area contributed by atoms with Crippen LogP contribution in [0.25, 0.3) is 0 Å². The number of piperazine rings is 1. The molecule has 0 spiro atoms. The zero-order valence-corrected chi connectivity index (χ0v) is 13.2. The Morgan fingerprint density at radius 2 is 2.18 bits per heavy atom. The summed E-state index contributed by atoms with van der Waals surface area (Å²) in [4.78, 5) is 13.2. The van der Waals surface area contributed by atoms with E-state index in [9.17, 15) is 10.1 Å². The van der Waals surface area contributed by atoms with Crippen LogP contribution >= 0.6 is 0 Å². The van der Waals surface area contributed by atoms with Gasteiger partial charge >= 0.3 is 5.69 Å². The van der Waals surface area contributed by atoms with Gasteiger partial charge in [-0.3, -0.25) is 15.0 Å². The van der Waals surface area contributed by atoms with E-state index in [1.807, 2.05) is 13.0 Å². The second-order valence-corrected chi connectivity index (χ2v) is 5.65. The van der Waals surface area contributed by atoms with Gasteiger partial charge in [0.05, 0.1) is 12.0 Å². The number of nitrogens with one attached hydrogen (secondary N) is 1. The summed E-state index contributed by atoms with van der Waals surface area (Å²) in [6.45, 7) is 9.73. The molecule has 0 amide bonds. The second-order valence-electron chi connectivity index (χ2n) is 5.65. The van der Waals surface area contributed by atoms with E-state index in [1.54, 1.807) is 12.1 Å². The molecule has 1 atom stereocenters. The fourth-order valence-corrected chi connectivity index (χ4v) is 2.84. The molecule has 22 heavy (non-hydrogen) atoms. The molecule has 1 fully saturated rings. The molecule has 0 unspecified atom stereocenters. The average Bonchev–Trinajstić information content (AvgIpc) is 2.52. The van der Waals surface area contributed by atoms with Crippen LogP contribution in [0.15, 0.2) is 30.4 Å². The van der Waals surface area contributed by atoms with Crippen molar-refractivity contribution in [2.75, 3.05) is 33.3 Å². The van der Waals surface area contributed by atoms with Gasteiger partial charge in [-0.15, -0.1) is 6.58 Å². The molecule has 0 bridgehead atoms. The number of ether oxygens (including phenoxy) is 1. The fraction of sp³-hybridized carbons (Fsp3) is 0.500. The molecule has 0 aliphatic carbocycles. The van der Waals surface area contributed by atoms with E-state index in [4.69, 9.17) is 4.74 Å². The van der Waals surface area contributed by atoms with Gasteiger partial charge in [0.1, 0.15) is 0 Å². The Bertz CT molecular complexity index is 554. The molecule has 1 aromatic rings. The molecular weight excluding hydrogens is 282 g/mol. The topological polar surface area (TPSA) is 67.6 Å². The Labute approximate surface area is 130 Å². The molecule has 6 heteroatoms. The molecule has 0 saturated carbocycles. The van der Waals surface area contributed by atoms with Gasteiger partial charge in [0.25, 0.3) is 0 Å². The number of methoxy groups -OCH3 is 1. The van der Waals surface area contributed by atoms with Crippen molar-refractivity contribution < 1.29 is 9.66 Å². The van der Waals surface area contributed by atoms with Crippen molar-refractivity contribution in [3.05, 3.63) is 46.0 Å². The zero-order chi connectivity index (χ0) is 16.1. The zero-order valence-electron chi connectivity index (χ0n) is 13.2. The van der Waals surface area contributed by atoms with Gasteiger partial charge in [-0.25, -0.2) is 0 Å². The standard InChI is InChI=1S/C16H23N3O3/c1-12(2)10-14(18-8-6-17-7-9-18)13-4-5-16(22-3)15(11-13)19(20)21/h4-5,11,14,17H,1,6-10H2,2-3H3/t14-/m0/s1. The summed E-state index contributed by atoms with van der Waals surface area (Å²) in [7, 11) is 1.45. The predicted octanol–water partition coefficient (Wildman–Crippen LogP) is 2.52. The van der Waals surface area contributed by atoms with Crippen LogP contribution < -0.4 is 10.1 Å². The minimum Gasteiger partial charge on any atom is -0.490 e. The quantitative estimate of drug-likeness (QED) is 0.497. The first-order valence-corrected chi connectivity index (χ1v) is 7.44. The maximum Gasteiger partial charge on any atom is 0.311 e. The first-order chi connectivity index (χ1) is 10.5. The minimum atomic E-state index is -0.391. The van der Waals surface area contributed by atoms with Crippen molar-refractivity contribution >= 4 is 5.69 Å². The van der Waals surface area contributed by atoms with E-state index in [2.05, 4.69) is 16.8 Å². The van der Waals surface area contributed by atoms with E-state index in [0.29, 0.717) is 5.75 Å². The van der Waals surface area contributed by atoms with Crippen molar-refractivity contribution in [3.63, 3.8) is 0 Å². The van der Waals surface area contributed by atoms with Gasteiger partial charge in [-0.2, -0.15) is 0 Å². The highest BCUT2D eigenvalue weighted by atomic mass is 16.6. The van der Waals surface area contributed by atoms with Crippen LogP contribution in [0, 0.1) is 10.1 Å². The van der Waals surface area contributed by atoms with Crippen molar-refractivity contribution in [2.45, 2.75) is 19.4 Å². The average molecular weight is 305 g/mol. The third-order valence-corrected chi connectivity index (χ3v) is 3.92. The molecule has 0 radical (unpaired) electrons. The van der Waals surface area contributed by atoms with E-state index < -0.39 is 4.92 Å². The summed E-state index contributed by atoms with van der Waals surface area (Å²) in [5.41, 5.74) is 2.03. The van der Waals surface area contributed by atoms with Crippen LogP contribution in [0.3, 0.4) is 0 Å². The lowest BCUT2D eigenvalue weighted by molar-refractivity contribution is -0.385. The van der Waals surface area contributed by atoms with Crippen LogP contribution in [-0.2, 0) is 0 Å². The normalized spacial score (nSPS) is 17.0. The first kappa shape index (κ1) is 16.5. The highest BCUT2D eigenvalue weighted by Crippen LogP contribution is 2.34. The molecular formula is C16H23N3O3. The lowest BCUT2D eigenvalue weighted by atomic mass is 9.97. The number of benzene rings is 1. The number of hydrogen-bond acceptors (Lipinski definition) is 5. The number of rotatable bonds is 6. The van der Waals surface area contributed by atoms with E-state index in [-0.39, 0.29) is 11.7 Å². The molecule has 0 aromatic heterocycles. The molecule has 2 rings (SSSR count). The van der Waals surface area contributed by atoms with Crippen LogP contribution in [0.1, 0.15) is 24.9 Å². The van der Waals surface area contributed by atoms with Crippen molar-refractivity contribution in [1.82, 2.24) is 10.2 Å². The Balaban J connectivity index is 2.35. The largest absolute Gasteiger partial charge is 0.490 e. The highest BCUT2D eigenvalue weighted by molar-refractivity contribution is 5.49.